The van der Waals surface area contributed by atoms with Crippen molar-refractivity contribution in [3.05, 3.63) is 0 Å². The number of unbranched alkanes of at least 4 members (excludes halogenated alkanes) is 4. The first-order valence-electron chi connectivity index (χ1n) is 13.5. The fourth-order valence-electron chi connectivity index (χ4n) is 3.85. The topological polar surface area (TPSA) is 66.6 Å². The van der Waals surface area contributed by atoms with Crippen LogP contribution in [0.2, 0.25) is 0 Å². The van der Waals surface area contributed by atoms with Gasteiger partial charge >= 0.3 is 0 Å². The SMILES string of the molecule is CC.CCCCCCN(C(=O)CCCC)C(CCC)C(C)C.CN1CCCCC1.NC=O. The molecule has 0 aromatic rings. The van der Waals surface area contributed by atoms with Crippen molar-refractivity contribution in [3.63, 3.8) is 0 Å². The predicted molar refractivity (Wildman–Crippen MR) is 142 cm³/mol. The van der Waals surface area contributed by atoms with Gasteiger partial charge < -0.3 is 15.5 Å². The van der Waals surface area contributed by atoms with Crippen LogP contribution in [-0.4, -0.2) is 54.8 Å². The first-order valence-corrected chi connectivity index (χ1v) is 13.5. The van der Waals surface area contributed by atoms with Crippen molar-refractivity contribution >= 4 is 12.3 Å². The Morgan fingerprint density at radius 3 is 1.84 bits per heavy atom. The van der Waals surface area contributed by atoms with Crippen LogP contribution in [-0.2, 0) is 9.59 Å². The summed E-state index contributed by atoms with van der Waals surface area (Å²) in [7, 11) is 2.19. The second-order valence-corrected chi connectivity index (χ2v) is 8.85. The molecule has 2 amide bonds. The van der Waals surface area contributed by atoms with Crippen LogP contribution >= 0.6 is 0 Å². The van der Waals surface area contributed by atoms with Gasteiger partial charge in [-0.2, -0.15) is 0 Å². The molecule has 0 radical (unpaired) electrons. The molecule has 0 spiro atoms. The van der Waals surface area contributed by atoms with Crippen molar-refractivity contribution in [1.82, 2.24) is 9.80 Å². The molecule has 0 saturated carbocycles. The van der Waals surface area contributed by atoms with E-state index in [1.165, 1.54) is 58.0 Å². The molecule has 0 aromatic carbocycles. The molecule has 1 unspecified atom stereocenters. The van der Waals surface area contributed by atoms with Crippen molar-refractivity contribution in [1.29, 1.82) is 0 Å². The summed E-state index contributed by atoms with van der Waals surface area (Å²) in [6.45, 7) is 18.7. The number of amides is 2. The van der Waals surface area contributed by atoms with Gasteiger partial charge in [0, 0.05) is 19.0 Å². The lowest BCUT2D eigenvalue weighted by atomic mass is 9.96. The summed E-state index contributed by atoms with van der Waals surface area (Å²) in [6.07, 6.45) is 14.7. The van der Waals surface area contributed by atoms with E-state index in [0.717, 1.165) is 38.6 Å². The summed E-state index contributed by atoms with van der Waals surface area (Å²) in [6, 6.07) is 0.436. The molecule has 2 N–H and O–H groups in total. The molecular formula is C27H59N3O2. The number of rotatable bonds is 12. The summed E-state index contributed by atoms with van der Waals surface area (Å²) in [5.74, 6) is 0.946. The average Bonchev–Trinajstić information content (AvgIpc) is 2.79. The Bertz CT molecular complexity index is 383. The Kier molecular flexibility index (Phi) is 31.0. The average molecular weight is 458 g/mol. The van der Waals surface area contributed by atoms with E-state index in [1.807, 2.05) is 13.8 Å². The van der Waals surface area contributed by atoms with Crippen LogP contribution in [0.4, 0.5) is 0 Å². The van der Waals surface area contributed by atoms with Gasteiger partial charge in [0.2, 0.25) is 12.3 Å². The zero-order chi connectivity index (χ0) is 25.2. The fraction of sp³-hybridized carbons (Fsp3) is 0.926. The molecule has 1 fully saturated rings. The molecule has 0 aromatic heterocycles. The smallest absolute Gasteiger partial charge is 0.222 e. The molecule has 194 valence electrons. The molecule has 0 aliphatic carbocycles. The van der Waals surface area contributed by atoms with E-state index >= 15 is 0 Å². The maximum Gasteiger partial charge on any atom is 0.222 e. The van der Waals surface area contributed by atoms with Crippen molar-refractivity contribution in [2.45, 2.75) is 132 Å². The van der Waals surface area contributed by atoms with Crippen LogP contribution in [0.5, 0.6) is 0 Å². The Hall–Kier alpha value is -1.10. The number of likely N-dealkylation sites (tertiary alicyclic amines) is 1. The van der Waals surface area contributed by atoms with Gasteiger partial charge in [0.15, 0.2) is 0 Å². The van der Waals surface area contributed by atoms with E-state index in [9.17, 15) is 4.79 Å². The van der Waals surface area contributed by atoms with Crippen molar-refractivity contribution in [2.75, 3.05) is 26.7 Å². The van der Waals surface area contributed by atoms with Crippen molar-refractivity contribution in [3.8, 4) is 0 Å². The third-order valence-corrected chi connectivity index (χ3v) is 5.65. The molecule has 1 aliphatic rings. The second-order valence-electron chi connectivity index (χ2n) is 8.85. The summed E-state index contributed by atoms with van der Waals surface area (Å²) in [5.41, 5.74) is 4.17. The summed E-state index contributed by atoms with van der Waals surface area (Å²) in [5, 5.41) is 0. The van der Waals surface area contributed by atoms with E-state index < -0.39 is 0 Å². The molecule has 1 saturated heterocycles. The number of carbonyl (C=O) groups excluding carboxylic acids is 2. The van der Waals surface area contributed by atoms with Crippen LogP contribution in [0.15, 0.2) is 0 Å². The molecule has 1 heterocycles. The zero-order valence-electron chi connectivity index (χ0n) is 23.1. The number of primary amides is 1. The number of carbonyl (C=O) groups is 2. The van der Waals surface area contributed by atoms with Gasteiger partial charge in [-0.15, -0.1) is 0 Å². The van der Waals surface area contributed by atoms with E-state index in [-0.39, 0.29) is 6.41 Å². The lowest BCUT2D eigenvalue weighted by molar-refractivity contribution is -0.135. The molecule has 1 aliphatic heterocycles. The van der Waals surface area contributed by atoms with E-state index in [0.29, 0.717) is 17.9 Å². The molecule has 1 atom stereocenters. The highest BCUT2D eigenvalue weighted by Gasteiger charge is 2.24. The van der Waals surface area contributed by atoms with E-state index in [1.54, 1.807) is 0 Å². The maximum atomic E-state index is 12.5. The Labute approximate surface area is 201 Å². The molecular weight excluding hydrogens is 398 g/mol. The first kappa shape index (κ1) is 35.5. The van der Waals surface area contributed by atoms with Crippen LogP contribution in [0, 0.1) is 5.92 Å². The first-order chi connectivity index (χ1) is 15.4. The minimum absolute atomic E-state index is 0.250. The lowest BCUT2D eigenvalue weighted by Crippen LogP contribution is -2.43. The molecule has 32 heavy (non-hydrogen) atoms. The van der Waals surface area contributed by atoms with Gasteiger partial charge in [0.05, 0.1) is 0 Å². The van der Waals surface area contributed by atoms with E-state index in [2.05, 4.69) is 57.2 Å². The number of hydrogen-bond acceptors (Lipinski definition) is 3. The third-order valence-electron chi connectivity index (χ3n) is 5.65. The van der Waals surface area contributed by atoms with Crippen LogP contribution in [0.3, 0.4) is 0 Å². The van der Waals surface area contributed by atoms with Gasteiger partial charge in [-0.05, 0) is 58.2 Å². The maximum absolute atomic E-state index is 12.5. The van der Waals surface area contributed by atoms with Gasteiger partial charge in [-0.3, -0.25) is 9.59 Å². The van der Waals surface area contributed by atoms with E-state index in [4.69, 9.17) is 4.79 Å². The van der Waals surface area contributed by atoms with Crippen LogP contribution in [0.25, 0.3) is 0 Å². The highest BCUT2D eigenvalue weighted by Crippen LogP contribution is 2.19. The Morgan fingerprint density at radius 1 is 0.938 bits per heavy atom. The summed E-state index contributed by atoms with van der Waals surface area (Å²) in [4.78, 5) is 25.7. The second kappa shape index (κ2) is 27.9. The quantitative estimate of drug-likeness (QED) is 0.264. The van der Waals surface area contributed by atoms with Gasteiger partial charge in [0.25, 0.3) is 0 Å². The van der Waals surface area contributed by atoms with Gasteiger partial charge in [-0.1, -0.05) is 87.0 Å². The van der Waals surface area contributed by atoms with Crippen molar-refractivity contribution in [2.24, 2.45) is 11.7 Å². The van der Waals surface area contributed by atoms with Crippen LogP contribution < -0.4 is 5.73 Å². The number of piperidine rings is 1. The lowest BCUT2D eigenvalue weighted by Gasteiger charge is -2.35. The Balaban J connectivity index is -0.000000570. The minimum atomic E-state index is 0.250. The Morgan fingerprint density at radius 2 is 1.47 bits per heavy atom. The van der Waals surface area contributed by atoms with Crippen LogP contribution in [0.1, 0.15) is 126 Å². The van der Waals surface area contributed by atoms with Gasteiger partial charge in [-0.25, -0.2) is 0 Å². The molecule has 5 heteroatoms. The standard InChI is InChI=1S/C18H37NO.C6H13N.C2H6.CH3NO/c1-6-9-11-12-15-19(18(20)14-10-7-2)17(13-8-3)16(4)5;1-7-5-3-2-4-6-7;1-2;2-1-3/h16-17H,6-15H2,1-5H3;2-6H2,1H3;1-2H3;1H,(H2,2,3). The number of nitrogens with two attached hydrogens (primary N) is 1. The zero-order valence-corrected chi connectivity index (χ0v) is 23.1. The number of nitrogens with zero attached hydrogens (tertiary/aromatic N) is 2. The van der Waals surface area contributed by atoms with Gasteiger partial charge in [0.1, 0.15) is 0 Å². The molecule has 5 nitrogen and oxygen atoms in total. The minimum Gasteiger partial charge on any atom is -0.372 e. The normalized spacial score (nSPS) is 14.0. The fourth-order valence-corrected chi connectivity index (χ4v) is 3.85. The molecule has 1 rings (SSSR count). The summed E-state index contributed by atoms with van der Waals surface area (Å²) >= 11 is 0. The highest BCUT2D eigenvalue weighted by atomic mass is 16.2. The highest BCUT2D eigenvalue weighted by molar-refractivity contribution is 5.76. The predicted octanol–water partition coefficient (Wildman–Crippen LogP) is 6.64. The molecule has 0 bridgehead atoms. The monoisotopic (exact) mass is 457 g/mol. The number of hydrogen-bond donors (Lipinski definition) is 1. The summed E-state index contributed by atoms with van der Waals surface area (Å²) < 4.78 is 0. The largest absolute Gasteiger partial charge is 0.372 e. The van der Waals surface area contributed by atoms with Crippen molar-refractivity contribution < 1.29 is 9.59 Å². The third kappa shape index (κ3) is 22.1.